The highest BCUT2D eigenvalue weighted by molar-refractivity contribution is 5.28. The Morgan fingerprint density at radius 3 is 2.35 bits per heavy atom. The summed E-state index contributed by atoms with van der Waals surface area (Å²) in [7, 11) is 2.18. The van der Waals surface area contributed by atoms with E-state index >= 15 is 0 Å². The maximum Gasteiger partial charge on any atom is 0.119 e. The van der Waals surface area contributed by atoms with Crippen LogP contribution in [0.1, 0.15) is 24.0 Å². The van der Waals surface area contributed by atoms with Crippen LogP contribution >= 0.6 is 0 Å². The monoisotopic (exact) mass is 310 g/mol. The van der Waals surface area contributed by atoms with Gasteiger partial charge in [-0.2, -0.15) is 0 Å². The van der Waals surface area contributed by atoms with E-state index in [1.807, 2.05) is 18.2 Å². The fourth-order valence-corrected chi connectivity index (χ4v) is 3.05. The smallest absolute Gasteiger partial charge is 0.119 e. The molecule has 0 amide bonds. The molecule has 0 bridgehead atoms. The van der Waals surface area contributed by atoms with Gasteiger partial charge in [-0.05, 0) is 49.1 Å². The Balaban J connectivity index is 1.52. The second-order valence-corrected chi connectivity index (χ2v) is 6.47. The van der Waals surface area contributed by atoms with E-state index in [9.17, 15) is 0 Å². The van der Waals surface area contributed by atoms with Crippen LogP contribution in [0.3, 0.4) is 0 Å². The molecule has 3 heteroatoms. The fourth-order valence-electron chi connectivity index (χ4n) is 3.05. The first kappa shape index (κ1) is 16.0. The predicted molar refractivity (Wildman–Crippen MR) is 94.2 cm³/mol. The molecule has 0 saturated heterocycles. The average Bonchev–Trinajstić information content (AvgIpc) is 3.41. The lowest BCUT2D eigenvalue weighted by Crippen LogP contribution is -2.39. The molecule has 0 aromatic heterocycles. The highest BCUT2D eigenvalue weighted by atomic mass is 16.5. The normalized spacial score (nSPS) is 15.6. The zero-order valence-electron chi connectivity index (χ0n) is 13.8. The highest BCUT2D eigenvalue weighted by Gasteiger charge is 2.32. The summed E-state index contributed by atoms with van der Waals surface area (Å²) < 4.78 is 5.84. The van der Waals surface area contributed by atoms with Gasteiger partial charge in [0.2, 0.25) is 0 Å². The topological polar surface area (TPSA) is 38.5 Å². The molecule has 0 spiro atoms. The van der Waals surface area contributed by atoms with Crippen LogP contribution in [-0.4, -0.2) is 24.5 Å². The van der Waals surface area contributed by atoms with Crippen molar-refractivity contribution in [1.82, 2.24) is 4.90 Å². The van der Waals surface area contributed by atoms with Crippen LogP contribution in [0.15, 0.2) is 54.6 Å². The van der Waals surface area contributed by atoms with Crippen LogP contribution in [0.25, 0.3) is 0 Å². The maximum atomic E-state index is 5.93. The van der Waals surface area contributed by atoms with E-state index in [2.05, 4.69) is 48.3 Å². The Morgan fingerprint density at radius 2 is 1.74 bits per heavy atom. The quantitative estimate of drug-likeness (QED) is 0.812. The first-order chi connectivity index (χ1) is 11.3. The molecule has 2 aromatic carbocycles. The summed E-state index contributed by atoms with van der Waals surface area (Å²) in [6.45, 7) is 2.30. The Hall–Kier alpha value is -1.84. The number of nitrogens with zero attached hydrogens (tertiary/aromatic N) is 1. The molecule has 23 heavy (non-hydrogen) atoms. The van der Waals surface area contributed by atoms with Crippen molar-refractivity contribution in [3.05, 3.63) is 65.7 Å². The highest BCUT2D eigenvalue weighted by Crippen LogP contribution is 2.35. The standard InChI is InChI=1S/C20H26N2O/c1-22(20(13-21)18-9-10-18)14-16-7-11-19(12-8-16)23-15-17-5-3-2-4-6-17/h2-8,11-12,18,20H,9-10,13-15,21H2,1H3. The number of likely N-dealkylation sites (N-methyl/N-ethyl adjacent to an activating group) is 1. The van der Waals surface area contributed by atoms with Gasteiger partial charge in [0.1, 0.15) is 12.4 Å². The number of rotatable bonds is 8. The van der Waals surface area contributed by atoms with Crippen molar-refractivity contribution in [3.63, 3.8) is 0 Å². The van der Waals surface area contributed by atoms with Gasteiger partial charge in [0.25, 0.3) is 0 Å². The lowest BCUT2D eigenvalue weighted by Gasteiger charge is -2.27. The molecule has 1 fully saturated rings. The molecule has 1 aliphatic carbocycles. The molecule has 3 rings (SSSR count). The van der Waals surface area contributed by atoms with E-state index in [4.69, 9.17) is 10.5 Å². The van der Waals surface area contributed by atoms with Gasteiger partial charge in [-0.15, -0.1) is 0 Å². The SMILES string of the molecule is CN(Cc1ccc(OCc2ccccc2)cc1)C(CN)C1CC1. The Kier molecular flexibility index (Phi) is 5.31. The number of hydrogen-bond donors (Lipinski definition) is 1. The first-order valence-corrected chi connectivity index (χ1v) is 8.42. The minimum atomic E-state index is 0.518. The van der Waals surface area contributed by atoms with E-state index in [0.29, 0.717) is 12.6 Å². The zero-order valence-corrected chi connectivity index (χ0v) is 13.8. The van der Waals surface area contributed by atoms with Crippen LogP contribution in [0.2, 0.25) is 0 Å². The van der Waals surface area contributed by atoms with E-state index in [0.717, 1.165) is 24.8 Å². The predicted octanol–water partition coefficient (Wildman–Crippen LogP) is 3.43. The summed E-state index contributed by atoms with van der Waals surface area (Å²) in [4.78, 5) is 2.39. The summed E-state index contributed by atoms with van der Waals surface area (Å²) >= 11 is 0. The van der Waals surface area contributed by atoms with Crippen molar-refractivity contribution >= 4 is 0 Å². The van der Waals surface area contributed by atoms with Gasteiger partial charge in [0.15, 0.2) is 0 Å². The third-order valence-corrected chi connectivity index (χ3v) is 4.58. The van der Waals surface area contributed by atoms with E-state index in [-0.39, 0.29) is 0 Å². The molecule has 122 valence electrons. The summed E-state index contributed by atoms with van der Waals surface area (Å²) in [6, 6.07) is 19.2. The molecule has 0 aliphatic heterocycles. The zero-order chi connectivity index (χ0) is 16.1. The summed E-state index contributed by atoms with van der Waals surface area (Å²) in [5.41, 5.74) is 8.42. The number of nitrogens with two attached hydrogens (primary N) is 1. The molecule has 3 nitrogen and oxygen atoms in total. The van der Waals surface area contributed by atoms with Crippen LogP contribution in [0.4, 0.5) is 0 Å². The Labute approximate surface area is 139 Å². The summed E-state index contributed by atoms with van der Waals surface area (Å²) in [5, 5.41) is 0. The Morgan fingerprint density at radius 1 is 1.04 bits per heavy atom. The van der Waals surface area contributed by atoms with Gasteiger partial charge in [0.05, 0.1) is 0 Å². The van der Waals surface area contributed by atoms with Gasteiger partial charge < -0.3 is 10.5 Å². The lowest BCUT2D eigenvalue weighted by atomic mass is 10.1. The fraction of sp³-hybridized carbons (Fsp3) is 0.400. The minimum absolute atomic E-state index is 0.518. The van der Waals surface area contributed by atoms with Crippen LogP contribution in [-0.2, 0) is 13.2 Å². The molecule has 0 radical (unpaired) electrons. The Bertz CT molecular complexity index is 593. The summed E-state index contributed by atoms with van der Waals surface area (Å²) in [5.74, 6) is 1.72. The summed E-state index contributed by atoms with van der Waals surface area (Å²) in [6.07, 6.45) is 2.66. The van der Waals surface area contributed by atoms with Crippen molar-refractivity contribution in [2.24, 2.45) is 11.7 Å². The van der Waals surface area contributed by atoms with Crippen molar-refractivity contribution in [2.75, 3.05) is 13.6 Å². The van der Waals surface area contributed by atoms with Gasteiger partial charge in [0, 0.05) is 19.1 Å². The number of ether oxygens (including phenoxy) is 1. The molecule has 1 atom stereocenters. The van der Waals surface area contributed by atoms with Crippen molar-refractivity contribution in [3.8, 4) is 5.75 Å². The molecular weight excluding hydrogens is 284 g/mol. The van der Waals surface area contributed by atoms with Crippen LogP contribution in [0.5, 0.6) is 5.75 Å². The molecule has 0 heterocycles. The van der Waals surface area contributed by atoms with Gasteiger partial charge in [-0.1, -0.05) is 42.5 Å². The van der Waals surface area contributed by atoms with E-state index in [1.165, 1.54) is 24.0 Å². The van der Waals surface area contributed by atoms with Gasteiger partial charge in [-0.25, -0.2) is 0 Å². The van der Waals surface area contributed by atoms with E-state index in [1.54, 1.807) is 0 Å². The molecular formula is C20H26N2O. The van der Waals surface area contributed by atoms with E-state index < -0.39 is 0 Å². The largest absolute Gasteiger partial charge is 0.489 e. The van der Waals surface area contributed by atoms with Gasteiger partial charge >= 0.3 is 0 Å². The second kappa shape index (κ2) is 7.62. The minimum Gasteiger partial charge on any atom is -0.489 e. The lowest BCUT2D eigenvalue weighted by molar-refractivity contribution is 0.215. The van der Waals surface area contributed by atoms with Gasteiger partial charge in [-0.3, -0.25) is 4.90 Å². The molecule has 1 aliphatic rings. The van der Waals surface area contributed by atoms with Crippen LogP contribution in [0, 0.1) is 5.92 Å². The van der Waals surface area contributed by atoms with Crippen molar-refractivity contribution in [1.29, 1.82) is 0 Å². The number of benzene rings is 2. The third kappa shape index (κ3) is 4.57. The molecule has 1 saturated carbocycles. The average molecular weight is 310 g/mol. The second-order valence-electron chi connectivity index (χ2n) is 6.47. The molecule has 2 aromatic rings. The first-order valence-electron chi connectivity index (χ1n) is 8.42. The number of hydrogen-bond acceptors (Lipinski definition) is 3. The van der Waals surface area contributed by atoms with Crippen molar-refractivity contribution in [2.45, 2.75) is 32.0 Å². The third-order valence-electron chi connectivity index (χ3n) is 4.58. The molecule has 1 unspecified atom stereocenters. The van der Waals surface area contributed by atoms with Crippen LogP contribution < -0.4 is 10.5 Å². The van der Waals surface area contributed by atoms with Crippen molar-refractivity contribution < 1.29 is 4.74 Å². The maximum absolute atomic E-state index is 5.93. The molecule has 2 N–H and O–H groups in total.